The number of methoxy groups -OCH3 is 1. The third kappa shape index (κ3) is 5.14. The zero-order chi connectivity index (χ0) is 24.4. The smallest absolute Gasteiger partial charge is 0.321 e. The number of para-hydroxylation sites is 1. The minimum atomic E-state index is -0.209. The van der Waals surface area contributed by atoms with Crippen molar-refractivity contribution in [2.24, 2.45) is 0 Å². The normalized spacial score (nSPS) is 14.3. The lowest BCUT2D eigenvalue weighted by molar-refractivity contribution is 0.142. The Kier molecular flexibility index (Phi) is 6.67. The molecule has 0 unspecified atom stereocenters. The highest BCUT2D eigenvalue weighted by molar-refractivity contribution is 7.19. The van der Waals surface area contributed by atoms with Gasteiger partial charge in [-0.3, -0.25) is 9.69 Å². The summed E-state index contributed by atoms with van der Waals surface area (Å²) in [6.45, 7) is 3.02. The summed E-state index contributed by atoms with van der Waals surface area (Å²) < 4.78 is 6.54. The number of anilines is 1. The Morgan fingerprint density at radius 1 is 1.11 bits per heavy atom. The first kappa shape index (κ1) is 23.3. The zero-order valence-electron chi connectivity index (χ0n) is 19.0. The Morgan fingerprint density at radius 3 is 2.57 bits per heavy atom. The van der Waals surface area contributed by atoms with Gasteiger partial charge in [0.05, 0.1) is 23.5 Å². The van der Waals surface area contributed by atoms with Gasteiger partial charge in [0.25, 0.3) is 5.56 Å². The van der Waals surface area contributed by atoms with Crippen LogP contribution in [0, 0.1) is 0 Å². The van der Waals surface area contributed by atoms with E-state index in [4.69, 9.17) is 16.3 Å². The molecular formula is C24H23ClN6O3S. The molecule has 11 heteroatoms. The summed E-state index contributed by atoms with van der Waals surface area (Å²) in [7, 11) is 1.62. The first-order valence-corrected chi connectivity index (χ1v) is 12.3. The summed E-state index contributed by atoms with van der Waals surface area (Å²) in [5, 5.41) is 8.52. The van der Waals surface area contributed by atoms with Crippen molar-refractivity contribution in [2.45, 2.75) is 6.54 Å². The number of rotatable bonds is 5. The molecule has 0 saturated carbocycles. The standard InChI is InChI=1S/C24H23ClN6O3S/c1-34-18-8-6-16(7-9-18)22-28-31-21(32)14-17(26-24(31)35-22)15-29-10-12-30(13-11-29)23(33)27-20-5-3-2-4-19(20)25/h2-9,14H,10-13,15H2,1H3,(H,27,33). The van der Waals surface area contributed by atoms with Crippen molar-refractivity contribution in [1.82, 2.24) is 24.4 Å². The van der Waals surface area contributed by atoms with Crippen LogP contribution < -0.4 is 15.6 Å². The van der Waals surface area contributed by atoms with Crippen molar-refractivity contribution < 1.29 is 9.53 Å². The first-order chi connectivity index (χ1) is 17.0. The predicted molar refractivity (Wildman–Crippen MR) is 136 cm³/mol. The van der Waals surface area contributed by atoms with Gasteiger partial charge in [0.2, 0.25) is 4.96 Å². The zero-order valence-corrected chi connectivity index (χ0v) is 20.6. The Bertz CT molecular complexity index is 1410. The molecule has 35 heavy (non-hydrogen) atoms. The Morgan fingerprint density at radius 2 is 1.86 bits per heavy atom. The number of urea groups is 1. The summed E-state index contributed by atoms with van der Waals surface area (Å²) >= 11 is 7.51. The third-order valence-electron chi connectivity index (χ3n) is 5.80. The molecule has 2 amide bonds. The van der Waals surface area contributed by atoms with Crippen LogP contribution in [0.25, 0.3) is 15.5 Å². The second-order valence-electron chi connectivity index (χ2n) is 8.09. The lowest BCUT2D eigenvalue weighted by Gasteiger charge is -2.34. The summed E-state index contributed by atoms with van der Waals surface area (Å²) in [4.78, 5) is 34.5. The number of nitrogens with zero attached hydrogens (tertiary/aromatic N) is 5. The van der Waals surface area contributed by atoms with Gasteiger partial charge in [-0.15, -0.1) is 0 Å². The molecule has 180 valence electrons. The lowest BCUT2D eigenvalue weighted by atomic mass is 10.2. The van der Waals surface area contributed by atoms with Gasteiger partial charge in [-0.2, -0.15) is 9.61 Å². The molecular weight excluding hydrogens is 488 g/mol. The molecule has 4 aromatic rings. The molecule has 0 radical (unpaired) electrons. The Hall–Kier alpha value is -3.47. The number of ether oxygens (including phenoxy) is 1. The van der Waals surface area contributed by atoms with Crippen molar-refractivity contribution >= 4 is 39.6 Å². The quantitative estimate of drug-likeness (QED) is 0.438. The van der Waals surface area contributed by atoms with Crippen molar-refractivity contribution in [2.75, 3.05) is 38.6 Å². The number of fused-ring (bicyclic) bond motifs is 1. The second-order valence-corrected chi connectivity index (χ2v) is 9.45. The van der Waals surface area contributed by atoms with Crippen molar-refractivity contribution in [1.29, 1.82) is 0 Å². The van der Waals surface area contributed by atoms with E-state index >= 15 is 0 Å². The minimum Gasteiger partial charge on any atom is -0.497 e. The highest BCUT2D eigenvalue weighted by Gasteiger charge is 2.22. The highest BCUT2D eigenvalue weighted by Crippen LogP contribution is 2.26. The number of piperazine rings is 1. The van der Waals surface area contributed by atoms with Crippen LogP contribution in [0.3, 0.4) is 0 Å². The Labute approximate surface area is 210 Å². The molecule has 1 saturated heterocycles. The summed E-state index contributed by atoms with van der Waals surface area (Å²) in [6, 6.07) is 16.0. The second kappa shape index (κ2) is 10.0. The average Bonchev–Trinajstić information content (AvgIpc) is 3.31. The van der Waals surface area contributed by atoms with E-state index in [9.17, 15) is 9.59 Å². The number of carbonyl (C=O) groups is 1. The number of nitrogens with one attached hydrogen (secondary N) is 1. The van der Waals surface area contributed by atoms with Crippen LogP contribution in [0.15, 0.2) is 59.4 Å². The average molecular weight is 511 g/mol. The van der Waals surface area contributed by atoms with Crippen LogP contribution in [0.5, 0.6) is 5.75 Å². The number of benzene rings is 2. The lowest BCUT2D eigenvalue weighted by Crippen LogP contribution is -2.49. The monoisotopic (exact) mass is 510 g/mol. The SMILES string of the molecule is COc1ccc(-c2nn3c(=O)cc(CN4CCN(C(=O)Nc5ccccc5Cl)CC4)nc3s2)cc1. The van der Waals surface area contributed by atoms with Crippen LogP contribution in [-0.4, -0.2) is 63.7 Å². The van der Waals surface area contributed by atoms with E-state index in [0.29, 0.717) is 59.1 Å². The van der Waals surface area contributed by atoms with Gasteiger partial charge in [0, 0.05) is 44.4 Å². The fourth-order valence-electron chi connectivity index (χ4n) is 3.88. The van der Waals surface area contributed by atoms with Gasteiger partial charge in [-0.25, -0.2) is 9.78 Å². The van der Waals surface area contributed by atoms with Crippen LogP contribution in [0.4, 0.5) is 10.5 Å². The van der Waals surface area contributed by atoms with Crippen LogP contribution >= 0.6 is 22.9 Å². The van der Waals surface area contributed by atoms with Crippen LogP contribution in [0.2, 0.25) is 5.02 Å². The van der Waals surface area contributed by atoms with E-state index in [2.05, 4.69) is 20.3 Å². The van der Waals surface area contributed by atoms with Crippen LogP contribution in [-0.2, 0) is 6.54 Å². The maximum Gasteiger partial charge on any atom is 0.321 e. The molecule has 0 spiro atoms. The molecule has 0 atom stereocenters. The number of hydrogen-bond donors (Lipinski definition) is 1. The third-order valence-corrected chi connectivity index (χ3v) is 7.08. The fourth-order valence-corrected chi connectivity index (χ4v) is 4.99. The largest absolute Gasteiger partial charge is 0.497 e. The van der Waals surface area contributed by atoms with Crippen molar-refractivity contribution in [3.8, 4) is 16.3 Å². The molecule has 3 heterocycles. The van der Waals surface area contributed by atoms with Gasteiger partial charge in [-0.05, 0) is 36.4 Å². The van der Waals surface area contributed by atoms with E-state index in [1.807, 2.05) is 36.4 Å². The van der Waals surface area contributed by atoms with Gasteiger partial charge in [0.1, 0.15) is 10.8 Å². The molecule has 1 N–H and O–H groups in total. The fraction of sp³-hybridized carbons (Fsp3) is 0.250. The molecule has 1 fully saturated rings. The van der Waals surface area contributed by atoms with Gasteiger partial charge in [0.15, 0.2) is 0 Å². The number of carbonyl (C=O) groups excluding carboxylic acids is 1. The van der Waals surface area contributed by atoms with Gasteiger partial charge < -0.3 is 15.0 Å². The minimum absolute atomic E-state index is 0.175. The molecule has 0 bridgehead atoms. The number of amides is 2. The van der Waals surface area contributed by atoms with Crippen molar-refractivity contribution in [3.05, 3.63) is 75.7 Å². The molecule has 9 nitrogen and oxygen atoms in total. The first-order valence-electron chi connectivity index (χ1n) is 11.1. The maximum atomic E-state index is 12.7. The molecule has 0 aliphatic carbocycles. The van der Waals surface area contributed by atoms with E-state index in [1.165, 1.54) is 21.9 Å². The van der Waals surface area contributed by atoms with Gasteiger partial charge >= 0.3 is 6.03 Å². The molecule has 5 rings (SSSR count). The number of hydrogen-bond acceptors (Lipinski definition) is 7. The summed E-state index contributed by atoms with van der Waals surface area (Å²) in [6.07, 6.45) is 0. The topological polar surface area (TPSA) is 92.1 Å². The molecule has 1 aliphatic heterocycles. The highest BCUT2D eigenvalue weighted by atomic mass is 35.5. The maximum absolute atomic E-state index is 12.7. The van der Waals surface area contributed by atoms with E-state index in [1.54, 1.807) is 24.1 Å². The van der Waals surface area contributed by atoms with E-state index in [0.717, 1.165) is 11.3 Å². The Balaban J connectivity index is 1.23. The van der Waals surface area contributed by atoms with Gasteiger partial charge in [-0.1, -0.05) is 35.1 Å². The van der Waals surface area contributed by atoms with E-state index < -0.39 is 0 Å². The predicted octanol–water partition coefficient (Wildman–Crippen LogP) is 3.83. The van der Waals surface area contributed by atoms with E-state index in [-0.39, 0.29) is 11.6 Å². The van der Waals surface area contributed by atoms with Crippen molar-refractivity contribution in [3.63, 3.8) is 0 Å². The number of halogens is 1. The molecule has 2 aromatic carbocycles. The molecule has 1 aliphatic rings. The molecule has 2 aromatic heterocycles. The number of aromatic nitrogens is 3. The summed E-state index contributed by atoms with van der Waals surface area (Å²) in [5.74, 6) is 0.758. The van der Waals surface area contributed by atoms with Crippen LogP contribution in [0.1, 0.15) is 5.69 Å². The summed E-state index contributed by atoms with van der Waals surface area (Å²) in [5.41, 5.74) is 1.97.